The van der Waals surface area contributed by atoms with Gasteiger partial charge in [-0.05, 0) is 78.2 Å². The van der Waals surface area contributed by atoms with E-state index >= 15 is 0 Å². The third-order valence-electron chi connectivity index (χ3n) is 7.67. The number of aliphatic carboxylic acids is 1. The Bertz CT molecular complexity index is 1660. The standard InChI is InChI=1S/C35H30F2N2O6/c36-25-10-6-23(7-11-25)31(40)19-18-29-33(39(34(29)42)27-14-12-26(37)13-15-27)24-8-16-28(17-9-24)45-21-32(41)38-30(35(43)44)20-22-4-2-1-3-5-22/h1-17,29-30,33H,18-21H2,(H,38,41)(H,43,44)/t29?,30-,33?/m1/s1. The molecular weight excluding hydrogens is 582 g/mol. The number of ketones is 1. The summed E-state index contributed by atoms with van der Waals surface area (Å²) in [6, 6.07) is 24.9. The van der Waals surface area contributed by atoms with Crippen molar-refractivity contribution in [1.82, 2.24) is 5.32 Å². The van der Waals surface area contributed by atoms with Crippen molar-refractivity contribution in [2.75, 3.05) is 11.5 Å². The smallest absolute Gasteiger partial charge is 0.326 e. The van der Waals surface area contributed by atoms with Crippen LogP contribution in [-0.4, -0.2) is 41.3 Å². The topological polar surface area (TPSA) is 113 Å². The first-order valence-corrected chi connectivity index (χ1v) is 14.4. The maximum atomic E-state index is 13.6. The van der Waals surface area contributed by atoms with Crippen LogP contribution in [0, 0.1) is 17.6 Å². The Morgan fingerprint density at radius 3 is 2.09 bits per heavy atom. The molecule has 1 saturated heterocycles. The zero-order chi connectivity index (χ0) is 31.9. The number of halogens is 2. The number of hydrogen-bond donors (Lipinski definition) is 2. The molecule has 5 rings (SSSR count). The zero-order valence-electron chi connectivity index (χ0n) is 24.1. The number of nitrogens with one attached hydrogen (secondary N) is 1. The Morgan fingerprint density at radius 1 is 0.844 bits per heavy atom. The van der Waals surface area contributed by atoms with E-state index in [-0.39, 0.29) is 31.0 Å². The largest absolute Gasteiger partial charge is 0.484 e. The number of carbonyl (C=O) groups is 4. The molecule has 0 spiro atoms. The van der Waals surface area contributed by atoms with Gasteiger partial charge in [0.15, 0.2) is 12.4 Å². The molecule has 3 atom stereocenters. The van der Waals surface area contributed by atoms with Gasteiger partial charge in [0.25, 0.3) is 5.91 Å². The average Bonchev–Trinajstić information content (AvgIpc) is 3.04. The van der Waals surface area contributed by atoms with Crippen LogP contribution in [0.4, 0.5) is 14.5 Å². The van der Waals surface area contributed by atoms with Crippen LogP contribution in [0.1, 0.15) is 40.4 Å². The van der Waals surface area contributed by atoms with Crippen molar-refractivity contribution < 1.29 is 37.8 Å². The van der Waals surface area contributed by atoms with E-state index in [1.807, 2.05) is 6.07 Å². The Balaban J connectivity index is 1.24. The minimum Gasteiger partial charge on any atom is -0.484 e. The summed E-state index contributed by atoms with van der Waals surface area (Å²) in [7, 11) is 0. The Labute approximate surface area is 258 Å². The third kappa shape index (κ3) is 7.59. The molecular formula is C35H30F2N2O6. The molecule has 45 heavy (non-hydrogen) atoms. The molecule has 0 aliphatic carbocycles. The van der Waals surface area contributed by atoms with E-state index in [1.54, 1.807) is 53.4 Å². The summed E-state index contributed by atoms with van der Waals surface area (Å²) in [5, 5.41) is 12.0. The van der Waals surface area contributed by atoms with Gasteiger partial charge in [-0.1, -0.05) is 42.5 Å². The highest BCUT2D eigenvalue weighted by molar-refractivity contribution is 6.04. The second-order valence-corrected chi connectivity index (χ2v) is 10.7. The van der Waals surface area contributed by atoms with Crippen LogP contribution in [0.5, 0.6) is 5.75 Å². The highest BCUT2D eigenvalue weighted by atomic mass is 19.1. The second kappa shape index (κ2) is 13.9. The monoisotopic (exact) mass is 612 g/mol. The van der Waals surface area contributed by atoms with E-state index in [4.69, 9.17) is 4.74 Å². The number of carboxylic acid groups (broad SMARTS) is 1. The zero-order valence-corrected chi connectivity index (χ0v) is 24.1. The van der Waals surface area contributed by atoms with Gasteiger partial charge < -0.3 is 20.1 Å². The van der Waals surface area contributed by atoms with Gasteiger partial charge in [-0.15, -0.1) is 0 Å². The Morgan fingerprint density at radius 2 is 1.47 bits per heavy atom. The van der Waals surface area contributed by atoms with Crippen LogP contribution in [0.15, 0.2) is 103 Å². The van der Waals surface area contributed by atoms with Gasteiger partial charge in [0.05, 0.1) is 12.0 Å². The minimum atomic E-state index is -1.16. The van der Waals surface area contributed by atoms with Crippen LogP contribution in [0.3, 0.4) is 0 Å². The van der Waals surface area contributed by atoms with Gasteiger partial charge in [0.1, 0.15) is 23.4 Å². The van der Waals surface area contributed by atoms with Crippen molar-refractivity contribution in [3.63, 3.8) is 0 Å². The lowest BCUT2D eigenvalue weighted by molar-refractivity contribution is -0.142. The van der Waals surface area contributed by atoms with Gasteiger partial charge in [-0.3, -0.25) is 14.4 Å². The lowest BCUT2D eigenvalue weighted by Crippen LogP contribution is -2.55. The number of hydrogen-bond acceptors (Lipinski definition) is 5. The molecule has 0 bridgehead atoms. The van der Waals surface area contributed by atoms with Crippen LogP contribution in [0.2, 0.25) is 0 Å². The molecule has 0 radical (unpaired) electrons. The van der Waals surface area contributed by atoms with Crippen molar-refractivity contribution in [1.29, 1.82) is 0 Å². The number of ether oxygens (including phenoxy) is 1. The molecule has 8 nitrogen and oxygen atoms in total. The van der Waals surface area contributed by atoms with E-state index in [9.17, 15) is 33.1 Å². The lowest BCUT2D eigenvalue weighted by Gasteiger charge is -2.47. The quantitative estimate of drug-likeness (QED) is 0.152. The molecule has 1 aliphatic rings. The fraction of sp³-hybridized carbons (Fsp3) is 0.200. The number of benzene rings is 4. The first kappa shape index (κ1) is 31.1. The highest BCUT2D eigenvalue weighted by Crippen LogP contribution is 2.46. The number of rotatable bonds is 13. The first-order valence-electron chi connectivity index (χ1n) is 14.4. The van der Waals surface area contributed by atoms with E-state index in [2.05, 4.69) is 5.32 Å². The summed E-state index contributed by atoms with van der Waals surface area (Å²) in [5.41, 5.74) is 2.37. The number of carbonyl (C=O) groups excluding carboxylic acids is 3. The normalized spacial score (nSPS) is 16.4. The molecule has 230 valence electrons. The molecule has 1 aliphatic heterocycles. The third-order valence-corrected chi connectivity index (χ3v) is 7.67. The summed E-state index contributed by atoms with van der Waals surface area (Å²) in [6.45, 7) is -0.407. The van der Waals surface area contributed by atoms with Gasteiger partial charge in [-0.25, -0.2) is 13.6 Å². The number of amides is 2. The molecule has 2 unspecified atom stereocenters. The average molecular weight is 613 g/mol. The maximum absolute atomic E-state index is 13.6. The van der Waals surface area contributed by atoms with Crippen LogP contribution in [-0.2, 0) is 20.8 Å². The summed E-state index contributed by atoms with van der Waals surface area (Å²) in [4.78, 5) is 51.7. The van der Waals surface area contributed by atoms with Crippen LogP contribution < -0.4 is 15.0 Å². The van der Waals surface area contributed by atoms with Crippen LogP contribution in [0.25, 0.3) is 0 Å². The highest BCUT2D eigenvalue weighted by Gasteiger charge is 2.48. The Kier molecular flexibility index (Phi) is 9.62. The molecule has 0 saturated carbocycles. The predicted molar refractivity (Wildman–Crippen MR) is 162 cm³/mol. The van der Waals surface area contributed by atoms with Crippen molar-refractivity contribution in [2.24, 2.45) is 5.92 Å². The molecule has 2 N–H and O–H groups in total. The summed E-state index contributed by atoms with van der Waals surface area (Å²) < 4.78 is 32.5. The second-order valence-electron chi connectivity index (χ2n) is 10.7. The lowest BCUT2D eigenvalue weighted by atomic mass is 9.78. The molecule has 4 aromatic carbocycles. The molecule has 2 amide bonds. The number of nitrogens with zero attached hydrogens (tertiary/aromatic N) is 1. The number of anilines is 1. The van der Waals surface area contributed by atoms with Gasteiger partial charge >= 0.3 is 5.97 Å². The van der Waals surface area contributed by atoms with Gasteiger partial charge in [0, 0.05) is 24.1 Å². The molecule has 1 fully saturated rings. The Hall–Kier alpha value is -5.38. The molecule has 4 aromatic rings. The van der Waals surface area contributed by atoms with Crippen molar-refractivity contribution in [2.45, 2.75) is 31.3 Å². The van der Waals surface area contributed by atoms with Crippen molar-refractivity contribution in [3.8, 4) is 5.75 Å². The minimum absolute atomic E-state index is 0.0771. The summed E-state index contributed by atoms with van der Waals surface area (Å²) >= 11 is 0. The van der Waals surface area contributed by atoms with E-state index in [0.29, 0.717) is 17.0 Å². The van der Waals surface area contributed by atoms with Crippen LogP contribution >= 0.6 is 0 Å². The maximum Gasteiger partial charge on any atom is 0.326 e. The summed E-state index contributed by atoms with van der Waals surface area (Å²) in [5.74, 6) is -3.25. The van der Waals surface area contributed by atoms with Crippen molar-refractivity contribution >= 4 is 29.3 Å². The SMILES string of the molecule is O=C(COc1ccc(C2C(CCC(=O)c3ccc(F)cc3)C(=O)N2c2ccc(F)cc2)cc1)N[C@H](Cc1ccccc1)C(=O)O. The van der Waals surface area contributed by atoms with Crippen molar-refractivity contribution in [3.05, 3.63) is 131 Å². The number of β-lactam (4-membered cyclic amide) rings is 1. The van der Waals surface area contributed by atoms with Gasteiger partial charge in [0.2, 0.25) is 5.91 Å². The van der Waals surface area contributed by atoms with Gasteiger partial charge in [-0.2, -0.15) is 0 Å². The first-order chi connectivity index (χ1) is 21.7. The number of carboxylic acids is 1. The van der Waals surface area contributed by atoms with E-state index in [0.717, 1.165) is 11.1 Å². The fourth-order valence-electron chi connectivity index (χ4n) is 5.36. The predicted octanol–water partition coefficient (Wildman–Crippen LogP) is 5.52. The van der Waals surface area contributed by atoms with E-state index in [1.165, 1.54) is 48.5 Å². The molecule has 1 heterocycles. The molecule has 10 heteroatoms. The number of Topliss-reactive ketones (excluding diaryl/α,β-unsaturated/α-hetero) is 1. The molecule has 0 aromatic heterocycles. The fourth-order valence-corrected chi connectivity index (χ4v) is 5.36. The van der Waals surface area contributed by atoms with E-state index < -0.39 is 48.1 Å². The summed E-state index contributed by atoms with van der Waals surface area (Å²) in [6.07, 6.45) is 0.454.